The van der Waals surface area contributed by atoms with Gasteiger partial charge in [-0.2, -0.15) is 22.0 Å². The average molecular weight is 228 g/mol. The van der Waals surface area contributed by atoms with E-state index in [0.717, 1.165) is 0 Å². The lowest BCUT2D eigenvalue weighted by Gasteiger charge is -2.53. The van der Waals surface area contributed by atoms with Gasteiger partial charge in [0.2, 0.25) is 0 Å². The first kappa shape index (κ1) is 12.7. The first-order chi connectivity index (χ1) is 5.21. The van der Waals surface area contributed by atoms with Crippen LogP contribution in [0.15, 0.2) is 0 Å². The van der Waals surface area contributed by atoms with Crippen molar-refractivity contribution in [1.29, 1.82) is 0 Å². The van der Waals surface area contributed by atoms with Crippen LogP contribution in [0.5, 0.6) is 0 Å². The predicted molar refractivity (Wildman–Crippen MR) is 31.5 cm³/mol. The molecule has 0 aliphatic heterocycles. The monoisotopic (exact) mass is 228 g/mol. The average Bonchev–Trinajstić information content (AvgIpc) is 1.48. The molecule has 0 aromatic heterocycles. The van der Waals surface area contributed by atoms with E-state index in [1.807, 2.05) is 0 Å². The van der Waals surface area contributed by atoms with E-state index in [0.29, 0.717) is 0 Å². The summed E-state index contributed by atoms with van der Waals surface area (Å²) in [6.07, 6.45) is -6.23. The molecule has 0 N–H and O–H groups in total. The number of hydrogen-bond donors (Lipinski definition) is 0. The van der Waals surface area contributed by atoms with E-state index in [1.54, 1.807) is 0 Å². The molecule has 0 unspecified atom stereocenters. The Morgan fingerprint density at radius 1 is 1.15 bits per heavy atom. The van der Waals surface area contributed by atoms with Crippen molar-refractivity contribution >= 4 is 9.63 Å². The van der Waals surface area contributed by atoms with Gasteiger partial charge in [0.15, 0.2) is 0 Å². The van der Waals surface area contributed by atoms with Gasteiger partial charge in [-0.25, -0.2) is 9.63 Å². The zero-order chi connectivity index (χ0) is 11.2. The van der Waals surface area contributed by atoms with Gasteiger partial charge in [0.05, 0.1) is 5.75 Å². The maximum absolute atomic E-state index is 12.0. The number of alkyl halides is 5. The minimum Gasteiger partial charge on any atom is -0.798 e. The fourth-order valence-corrected chi connectivity index (χ4v) is 1.46. The highest BCUT2D eigenvalue weighted by atomic mass is 32.3. The molecule has 3 nitrogen and oxygen atoms in total. The molecule has 0 fully saturated rings. The molecule has 0 saturated heterocycles. The lowest BCUT2D eigenvalue weighted by atomic mass is 10.4. The minimum absolute atomic E-state index is 0.198. The van der Waals surface area contributed by atoms with Gasteiger partial charge in [-0.1, -0.05) is 0 Å². The van der Waals surface area contributed by atoms with Crippen LogP contribution in [0.3, 0.4) is 0 Å². The van der Waals surface area contributed by atoms with Crippen molar-refractivity contribution in [3.63, 3.8) is 0 Å². The van der Waals surface area contributed by atoms with Crippen molar-refractivity contribution in [2.75, 3.05) is 12.0 Å². The smallest absolute Gasteiger partial charge is 0.454 e. The number of halogens is 5. The topological polar surface area (TPSA) is 63.2 Å². The number of hydrogen-bond acceptors (Lipinski definition) is 3. The zero-order valence-electron chi connectivity index (χ0n) is 6.23. The highest BCUT2D eigenvalue weighted by Gasteiger charge is 2.58. The van der Waals surface area contributed by atoms with Crippen LogP contribution in [-0.4, -0.2) is 37.4 Å². The highest BCUT2D eigenvalue weighted by molar-refractivity contribution is 8.09. The third-order valence-electron chi connectivity index (χ3n) is 0.917. The van der Waals surface area contributed by atoms with Gasteiger partial charge in [0, 0.05) is 0 Å². The Hall–Kier alpha value is -0.280. The molecule has 0 saturated carbocycles. The van der Waals surface area contributed by atoms with Gasteiger partial charge in [-0.3, -0.25) is 0 Å². The van der Waals surface area contributed by atoms with E-state index < -0.39 is 27.5 Å². The van der Waals surface area contributed by atoms with Crippen LogP contribution >= 0.6 is 0 Å². The Labute approximate surface area is 70.0 Å². The van der Waals surface area contributed by atoms with Gasteiger partial charge in [-0.15, -0.1) is 0 Å². The molecule has 0 radical (unpaired) electrons. The molecule has 0 bridgehead atoms. The Kier molecular flexibility index (Phi) is 2.55. The second-order valence-electron chi connectivity index (χ2n) is 2.69. The molecule has 0 aromatic carbocycles. The molecule has 0 aromatic rings. The maximum atomic E-state index is 12.0. The van der Waals surface area contributed by atoms with Gasteiger partial charge < -0.3 is 13.3 Å². The quantitative estimate of drug-likeness (QED) is 0.659. The Balaban J connectivity index is 4.85. The molecule has 0 atom stereocenters. The van der Waals surface area contributed by atoms with Gasteiger partial charge in [0.25, 0.3) is 0 Å². The normalized spacial score (nSPS) is 18.0. The fourth-order valence-electron chi connectivity index (χ4n) is 0.485. The van der Waals surface area contributed by atoms with E-state index in [1.165, 1.54) is 0 Å². The molecule has 0 aliphatic rings. The van der Waals surface area contributed by atoms with Gasteiger partial charge >= 0.3 is 12.1 Å². The fraction of sp³-hybridized carbons (Fsp3) is 1.00. The first-order valence-corrected chi connectivity index (χ1v) is 5.14. The SMILES string of the molecule is CS(=O)([O-])([O-])CC(F)(F)C(F)(F)F. The van der Waals surface area contributed by atoms with Crippen LogP contribution in [-0.2, 0) is 9.63 Å². The van der Waals surface area contributed by atoms with Gasteiger partial charge in [-0.05, 0) is 6.26 Å². The highest BCUT2D eigenvalue weighted by Crippen LogP contribution is 2.38. The lowest BCUT2D eigenvalue weighted by Crippen LogP contribution is -2.50. The van der Waals surface area contributed by atoms with Crippen molar-refractivity contribution < 1.29 is 35.3 Å². The standard InChI is InChI=1S/C4H7F5O3S/c1-13(10,11,12)2-3(5,6)4(7,8)9/h2H2,1H3,(H2,10,11,12)/p-2. The van der Waals surface area contributed by atoms with Crippen LogP contribution in [0.4, 0.5) is 22.0 Å². The summed E-state index contributed by atoms with van der Waals surface area (Å²) in [6.45, 7) is 0. The summed E-state index contributed by atoms with van der Waals surface area (Å²) in [7, 11) is -6.35. The minimum atomic E-state index is -6.35. The van der Waals surface area contributed by atoms with Crippen LogP contribution in [0.25, 0.3) is 0 Å². The number of rotatable bonds is 2. The van der Waals surface area contributed by atoms with Crippen molar-refractivity contribution in [3.8, 4) is 0 Å². The first-order valence-electron chi connectivity index (χ1n) is 2.75. The van der Waals surface area contributed by atoms with Gasteiger partial charge in [0.1, 0.15) is 0 Å². The molecule has 9 heteroatoms. The van der Waals surface area contributed by atoms with Crippen molar-refractivity contribution in [2.45, 2.75) is 12.1 Å². The van der Waals surface area contributed by atoms with E-state index in [9.17, 15) is 35.3 Å². The van der Waals surface area contributed by atoms with Crippen LogP contribution in [0.1, 0.15) is 0 Å². The second kappa shape index (κ2) is 2.61. The maximum Gasteiger partial charge on any atom is 0.454 e. The summed E-state index contributed by atoms with van der Waals surface area (Å²) in [5, 5.41) is 0. The zero-order valence-corrected chi connectivity index (χ0v) is 7.05. The van der Waals surface area contributed by atoms with Crippen LogP contribution < -0.4 is 0 Å². The summed E-state index contributed by atoms with van der Waals surface area (Å²) < 4.78 is 88.6. The number of sulfone groups is 3. The molecule has 82 valence electrons. The molecule has 0 rings (SSSR count). The van der Waals surface area contributed by atoms with E-state index in [4.69, 9.17) is 0 Å². The summed E-state index contributed by atoms with van der Waals surface area (Å²) in [4.78, 5) is 0. The molecule has 0 aliphatic carbocycles. The van der Waals surface area contributed by atoms with E-state index in [2.05, 4.69) is 0 Å². The summed E-state index contributed by atoms with van der Waals surface area (Å²) in [6, 6.07) is 0. The summed E-state index contributed by atoms with van der Waals surface area (Å²) >= 11 is 0. The molecule has 0 amide bonds. The lowest BCUT2D eigenvalue weighted by molar-refractivity contribution is -0.272. The molecular formula is C4H5F5O3S-2. The molecular weight excluding hydrogens is 223 g/mol. The third-order valence-corrected chi connectivity index (χ3v) is 1.92. The summed E-state index contributed by atoms with van der Waals surface area (Å²) in [5.74, 6) is -8.28. The van der Waals surface area contributed by atoms with Crippen molar-refractivity contribution in [1.82, 2.24) is 0 Å². The summed E-state index contributed by atoms with van der Waals surface area (Å²) in [5.41, 5.74) is 0. The molecule has 13 heavy (non-hydrogen) atoms. The van der Waals surface area contributed by atoms with Crippen molar-refractivity contribution in [2.24, 2.45) is 0 Å². The molecule has 0 heterocycles. The molecule has 0 spiro atoms. The predicted octanol–water partition coefficient (Wildman–Crippen LogP) is 0.895. The Morgan fingerprint density at radius 3 is 1.54 bits per heavy atom. The Bertz CT molecular complexity index is 252. The van der Waals surface area contributed by atoms with Crippen molar-refractivity contribution in [3.05, 3.63) is 0 Å². The van der Waals surface area contributed by atoms with Crippen LogP contribution in [0, 0.1) is 0 Å². The van der Waals surface area contributed by atoms with Crippen LogP contribution in [0.2, 0.25) is 0 Å². The largest absolute Gasteiger partial charge is 0.798 e. The Morgan fingerprint density at radius 2 is 1.46 bits per heavy atom. The van der Waals surface area contributed by atoms with E-state index >= 15 is 0 Å². The second-order valence-corrected chi connectivity index (χ2v) is 5.67. The van der Waals surface area contributed by atoms with E-state index in [-0.39, 0.29) is 6.26 Å². The third kappa shape index (κ3) is 4.48.